The number of imidazole rings is 1. The van der Waals surface area contributed by atoms with Crippen molar-refractivity contribution in [3.63, 3.8) is 0 Å². The number of nitrogens with two attached hydrogens (primary N) is 2. The van der Waals surface area contributed by atoms with Crippen molar-refractivity contribution in [1.29, 1.82) is 0 Å². The highest BCUT2D eigenvalue weighted by atomic mass is 35.5. The lowest BCUT2D eigenvalue weighted by Gasteiger charge is -2.26. The van der Waals surface area contributed by atoms with Gasteiger partial charge in [-0.3, -0.25) is 9.36 Å². The van der Waals surface area contributed by atoms with Crippen molar-refractivity contribution in [2.45, 2.75) is 25.8 Å². The second kappa shape index (κ2) is 4.13. The van der Waals surface area contributed by atoms with Gasteiger partial charge in [0.25, 0.3) is 0 Å². The molecule has 2 heterocycles. The molecule has 2 aromatic heterocycles. The van der Waals surface area contributed by atoms with E-state index in [4.69, 9.17) is 23.1 Å². The van der Waals surface area contributed by atoms with Crippen LogP contribution >= 0.6 is 11.6 Å². The molecular weight excluding hydrogens is 254 g/mol. The summed E-state index contributed by atoms with van der Waals surface area (Å²) in [7, 11) is 0. The second-order valence-electron chi connectivity index (χ2n) is 4.76. The Hall–Kier alpha value is -1.82. The summed E-state index contributed by atoms with van der Waals surface area (Å²) in [5, 5.41) is 0.486. The van der Waals surface area contributed by atoms with E-state index >= 15 is 0 Å². The molecule has 0 aliphatic carbocycles. The van der Waals surface area contributed by atoms with Gasteiger partial charge < -0.3 is 11.5 Å². The van der Waals surface area contributed by atoms with Crippen LogP contribution in [0.2, 0.25) is 5.02 Å². The minimum atomic E-state index is -0.592. The highest BCUT2D eigenvalue weighted by molar-refractivity contribution is 6.31. The third kappa shape index (κ3) is 2.11. The molecule has 0 fully saturated rings. The molecule has 0 saturated carbocycles. The summed E-state index contributed by atoms with van der Waals surface area (Å²) in [6, 6.07) is 1.68. The quantitative estimate of drug-likeness (QED) is 0.875. The Kier molecular flexibility index (Phi) is 2.90. The van der Waals surface area contributed by atoms with Crippen molar-refractivity contribution in [3.8, 4) is 0 Å². The largest absolute Gasteiger partial charge is 0.370 e. The van der Waals surface area contributed by atoms with Crippen molar-refractivity contribution >= 4 is 34.6 Å². The molecule has 18 heavy (non-hydrogen) atoms. The highest BCUT2D eigenvalue weighted by Gasteiger charge is 2.27. The van der Waals surface area contributed by atoms with E-state index in [0.717, 1.165) is 0 Å². The molecule has 0 unspecified atom stereocenters. The number of fused-ring (bicyclic) bond motifs is 1. The lowest BCUT2D eigenvalue weighted by molar-refractivity contribution is -0.119. The molecule has 96 valence electrons. The van der Waals surface area contributed by atoms with Gasteiger partial charge in [-0.2, -0.15) is 0 Å². The second-order valence-corrected chi connectivity index (χ2v) is 5.19. The van der Waals surface area contributed by atoms with Crippen LogP contribution in [0.25, 0.3) is 11.2 Å². The fourth-order valence-electron chi connectivity index (χ4n) is 2.06. The number of pyridine rings is 1. The number of anilines is 1. The van der Waals surface area contributed by atoms with Gasteiger partial charge >= 0.3 is 0 Å². The van der Waals surface area contributed by atoms with E-state index in [9.17, 15) is 4.79 Å². The summed E-state index contributed by atoms with van der Waals surface area (Å²) in [6.45, 7) is 3.71. The molecule has 1 amide bonds. The molecule has 4 N–H and O–H groups in total. The van der Waals surface area contributed by atoms with Crippen molar-refractivity contribution in [2.75, 3.05) is 5.73 Å². The molecule has 0 aliphatic heterocycles. The molecule has 0 saturated heterocycles. The monoisotopic (exact) mass is 267 g/mol. The minimum absolute atomic E-state index is 0.146. The van der Waals surface area contributed by atoms with Crippen LogP contribution in [-0.2, 0) is 10.3 Å². The Morgan fingerprint density at radius 2 is 2.22 bits per heavy atom. The smallest absolute Gasteiger partial charge is 0.219 e. The van der Waals surface area contributed by atoms with Crippen LogP contribution in [0.3, 0.4) is 0 Å². The first-order valence-electron chi connectivity index (χ1n) is 5.39. The Morgan fingerprint density at radius 1 is 1.56 bits per heavy atom. The van der Waals surface area contributed by atoms with Crippen molar-refractivity contribution in [3.05, 3.63) is 17.3 Å². The van der Waals surface area contributed by atoms with E-state index in [0.29, 0.717) is 16.2 Å². The number of hydrogen-bond acceptors (Lipinski definition) is 4. The standard InChI is InChI=1S/C11H14ClN5O/c1-11(2,4-8(13)18)17-9-7(16-10(17)14)3-6(12)5-15-9/h3,5H,4H2,1-2H3,(H2,13,18)(H2,14,16). The van der Waals surface area contributed by atoms with E-state index in [1.165, 1.54) is 6.20 Å². The van der Waals surface area contributed by atoms with Gasteiger partial charge in [0, 0.05) is 12.6 Å². The minimum Gasteiger partial charge on any atom is -0.370 e. The first-order chi connectivity index (χ1) is 8.31. The predicted molar refractivity (Wildman–Crippen MR) is 70.1 cm³/mol. The fraction of sp³-hybridized carbons (Fsp3) is 0.364. The first-order valence-corrected chi connectivity index (χ1v) is 5.77. The number of hydrogen-bond donors (Lipinski definition) is 2. The summed E-state index contributed by atoms with van der Waals surface area (Å²) in [6.07, 6.45) is 1.66. The van der Waals surface area contributed by atoms with Crippen LogP contribution in [0.1, 0.15) is 20.3 Å². The average Bonchev–Trinajstić information content (AvgIpc) is 2.51. The van der Waals surface area contributed by atoms with Crippen LogP contribution < -0.4 is 11.5 Å². The Labute approximate surface area is 109 Å². The van der Waals surface area contributed by atoms with Crippen LogP contribution in [0, 0.1) is 0 Å². The number of nitrogens with zero attached hydrogens (tertiary/aromatic N) is 3. The third-order valence-corrected chi connectivity index (χ3v) is 2.91. The van der Waals surface area contributed by atoms with E-state index in [2.05, 4.69) is 9.97 Å². The van der Waals surface area contributed by atoms with Crippen molar-refractivity contribution in [1.82, 2.24) is 14.5 Å². The maximum atomic E-state index is 11.1. The Bertz CT molecular complexity index is 619. The highest BCUT2D eigenvalue weighted by Crippen LogP contribution is 2.29. The molecule has 0 radical (unpaired) electrons. The van der Waals surface area contributed by atoms with Gasteiger partial charge in [0.2, 0.25) is 11.9 Å². The number of aromatic nitrogens is 3. The molecule has 0 bridgehead atoms. The normalized spacial score (nSPS) is 11.9. The lowest BCUT2D eigenvalue weighted by atomic mass is 10.00. The predicted octanol–water partition coefficient (Wildman–Crippen LogP) is 1.28. The number of rotatable bonds is 3. The number of primary amides is 1. The summed E-state index contributed by atoms with van der Waals surface area (Å²) in [5.41, 5.74) is 11.7. The van der Waals surface area contributed by atoms with Gasteiger partial charge in [0.05, 0.1) is 10.6 Å². The molecule has 2 rings (SSSR count). The Morgan fingerprint density at radius 3 is 2.83 bits per heavy atom. The van der Waals surface area contributed by atoms with Crippen molar-refractivity contribution in [2.24, 2.45) is 5.73 Å². The lowest BCUT2D eigenvalue weighted by Crippen LogP contribution is -2.33. The first kappa shape index (κ1) is 12.6. The van der Waals surface area contributed by atoms with Crippen molar-refractivity contribution < 1.29 is 4.79 Å². The summed E-state index contributed by atoms with van der Waals surface area (Å²) in [5.74, 6) is -0.124. The Balaban J connectivity index is 2.63. The molecule has 0 atom stereocenters. The van der Waals surface area contributed by atoms with Crippen LogP contribution in [0.15, 0.2) is 12.3 Å². The van der Waals surface area contributed by atoms with Gasteiger partial charge in [-0.25, -0.2) is 9.97 Å². The number of carbonyl (C=O) groups excluding carboxylic acids is 1. The summed E-state index contributed by atoms with van der Waals surface area (Å²) in [4.78, 5) is 19.5. The van der Waals surface area contributed by atoms with Gasteiger partial charge in [-0.1, -0.05) is 11.6 Å². The third-order valence-electron chi connectivity index (χ3n) is 2.70. The molecule has 6 nitrogen and oxygen atoms in total. The maximum Gasteiger partial charge on any atom is 0.219 e. The summed E-state index contributed by atoms with van der Waals surface area (Å²) < 4.78 is 1.70. The number of nitrogen functional groups attached to an aromatic ring is 1. The molecule has 0 spiro atoms. The zero-order valence-electron chi connectivity index (χ0n) is 10.1. The van der Waals surface area contributed by atoms with Crippen LogP contribution in [0.4, 0.5) is 5.95 Å². The average molecular weight is 268 g/mol. The topological polar surface area (TPSA) is 99.8 Å². The van der Waals surface area contributed by atoms with Gasteiger partial charge in [0.15, 0.2) is 5.65 Å². The van der Waals surface area contributed by atoms with E-state index in [1.54, 1.807) is 10.6 Å². The molecular formula is C11H14ClN5O. The maximum absolute atomic E-state index is 11.1. The summed E-state index contributed by atoms with van der Waals surface area (Å²) >= 11 is 5.85. The molecule has 0 aromatic carbocycles. The number of carbonyl (C=O) groups is 1. The zero-order chi connectivity index (χ0) is 13.5. The number of halogens is 1. The van der Waals surface area contributed by atoms with E-state index in [-0.39, 0.29) is 12.4 Å². The molecule has 2 aromatic rings. The van der Waals surface area contributed by atoms with Crippen LogP contribution in [-0.4, -0.2) is 20.4 Å². The van der Waals surface area contributed by atoms with Gasteiger partial charge in [-0.15, -0.1) is 0 Å². The van der Waals surface area contributed by atoms with E-state index < -0.39 is 11.4 Å². The SMILES string of the molecule is CC(C)(CC(N)=O)n1c(N)nc2cc(Cl)cnc21. The fourth-order valence-corrected chi connectivity index (χ4v) is 2.21. The van der Waals surface area contributed by atoms with Gasteiger partial charge in [0.1, 0.15) is 5.52 Å². The van der Waals surface area contributed by atoms with Crippen LogP contribution in [0.5, 0.6) is 0 Å². The molecule has 0 aliphatic rings. The van der Waals surface area contributed by atoms with E-state index in [1.807, 2.05) is 13.8 Å². The number of amides is 1. The van der Waals surface area contributed by atoms with Gasteiger partial charge in [-0.05, 0) is 19.9 Å². The zero-order valence-corrected chi connectivity index (χ0v) is 10.9. The molecule has 7 heteroatoms.